The molecule has 25 heavy (non-hydrogen) atoms. The van der Waals surface area contributed by atoms with Crippen LogP contribution >= 0.6 is 11.3 Å². The van der Waals surface area contributed by atoms with Gasteiger partial charge in [-0.3, -0.25) is 4.79 Å². The molecule has 1 atom stereocenters. The minimum absolute atomic E-state index is 0.0903. The number of nitrogens with zero attached hydrogens (tertiary/aromatic N) is 1. The van der Waals surface area contributed by atoms with Crippen LogP contribution in [0, 0.1) is 0 Å². The van der Waals surface area contributed by atoms with Gasteiger partial charge in [0.2, 0.25) is 5.91 Å². The number of rotatable bonds is 7. The van der Waals surface area contributed by atoms with E-state index in [1.807, 2.05) is 66.0 Å². The maximum atomic E-state index is 12.3. The molecular weight excluding hydrogens is 332 g/mol. The molecule has 0 bridgehead atoms. The maximum absolute atomic E-state index is 12.3. The summed E-state index contributed by atoms with van der Waals surface area (Å²) in [4.78, 5) is 16.8. The van der Waals surface area contributed by atoms with Crippen molar-refractivity contribution >= 4 is 17.2 Å². The molecule has 3 aromatic rings. The number of aliphatic hydroxyl groups excluding tert-OH is 1. The average Bonchev–Trinajstić information content (AvgIpc) is 3.11. The van der Waals surface area contributed by atoms with E-state index in [0.717, 1.165) is 21.8 Å². The van der Waals surface area contributed by atoms with Crippen molar-refractivity contribution in [2.45, 2.75) is 18.9 Å². The summed E-state index contributed by atoms with van der Waals surface area (Å²) in [6.45, 7) is -0.0903. The number of aromatic nitrogens is 1. The highest BCUT2D eigenvalue weighted by Gasteiger charge is 2.14. The van der Waals surface area contributed by atoms with Crippen molar-refractivity contribution in [2.75, 3.05) is 6.61 Å². The second-order valence-electron chi connectivity index (χ2n) is 5.82. The largest absolute Gasteiger partial charge is 0.394 e. The van der Waals surface area contributed by atoms with Crippen LogP contribution in [-0.2, 0) is 17.6 Å². The standard InChI is InChI=1S/C20H20N2O2S/c23-13-17(11-15-7-3-1-4-8-15)21-19(24)12-18-14-25-20(22-18)16-9-5-2-6-10-16/h1-10,14,17,23H,11-13H2,(H,21,24)/t17-/m0/s1. The van der Waals surface area contributed by atoms with Gasteiger partial charge in [-0.2, -0.15) is 0 Å². The fraction of sp³-hybridized carbons (Fsp3) is 0.200. The molecule has 0 aliphatic rings. The molecule has 2 N–H and O–H groups in total. The number of hydrogen-bond donors (Lipinski definition) is 2. The Labute approximate surface area is 151 Å². The Morgan fingerprint density at radius 2 is 1.76 bits per heavy atom. The van der Waals surface area contributed by atoms with E-state index in [1.54, 1.807) is 0 Å². The van der Waals surface area contributed by atoms with Gasteiger partial charge in [0.15, 0.2) is 0 Å². The topological polar surface area (TPSA) is 62.2 Å². The van der Waals surface area contributed by atoms with Crippen molar-refractivity contribution in [1.82, 2.24) is 10.3 Å². The van der Waals surface area contributed by atoms with E-state index in [9.17, 15) is 9.90 Å². The zero-order chi connectivity index (χ0) is 17.5. The molecule has 0 fully saturated rings. The predicted molar refractivity (Wildman–Crippen MR) is 100 cm³/mol. The van der Waals surface area contributed by atoms with Crippen LogP contribution in [0.15, 0.2) is 66.0 Å². The first-order valence-corrected chi connectivity index (χ1v) is 9.06. The average molecular weight is 352 g/mol. The normalized spacial score (nSPS) is 11.9. The highest BCUT2D eigenvalue weighted by Crippen LogP contribution is 2.23. The second kappa shape index (κ2) is 8.55. The smallest absolute Gasteiger partial charge is 0.226 e. The molecule has 0 aliphatic carbocycles. The molecular formula is C20H20N2O2S. The van der Waals surface area contributed by atoms with Gasteiger partial charge in [0.1, 0.15) is 5.01 Å². The molecule has 0 radical (unpaired) electrons. The van der Waals surface area contributed by atoms with Gasteiger partial charge >= 0.3 is 0 Å². The Morgan fingerprint density at radius 3 is 2.44 bits per heavy atom. The van der Waals surface area contributed by atoms with Gasteiger partial charge in [0, 0.05) is 10.9 Å². The van der Waals surface area contributed by atoms with Crippen molar-refractivity contribution < 1.29 is 9.90 Å². The third-order valence-electron chi connectivity index (χ3n) is 3.82. The van der Waals surface area contributed by atoms with Crippen molar-refractivity contribution in [1.29, 1.82) is 0 Å². The summed E-state index contributed by atoms with van der Waals surface area (Å²) < 4.78 is 0. The van der Waals surface area contributed by atoms with Crippen LogP contribution in [0.1, 0.15) is 11.3 Å². The Kier molecular flexibility index (Phi) is 5.93. The molecule has 0 saturated heterocycles. The van der Waals surface area contributed by atoms with Gasteiger partial charge in [-0.25, -0.2) is 4.98 Å². The van der Waals surface area contributed by atoms with Crippen LogP contribution in [0.5, 0.6) is 0 Å². The molecule has 0 spiro atoms. The fourth-order valence-electron chi connectivity index (χ4n) is 2.60. The lowest BCUT2D eigenvalue weighted by Gasteiger charge is -2.16. The number of amides is 1. The monoisotopic (exact) mass is 352 g/mol. The Morgan fingerprint density at radius 1 is 1.08 bits per heavy atom. The summed E-state index contributed by atoms with van der Waals surface area (Å²) in [7, 11) is 0. The SMILES string of the molecule is O=C(Cc1csc(-c2ccccc2)n1)N[C@H](CO)Cc1ccccc1. The number of hydrogen-bond acceptors (Lipinski definition) is 4. The van der Waals surface area contributed by atoms with Gasteiger partial charge in [-0.05, 0) is 12.0 Å². The minimum atomic E-state index is -0.290. The number of carbonyl (C=O) groups excluding carboxylic acids is 1. The summed E-state index contributed by atoms with van der Waals surface area (Å²) in [5.74, 6) is -0.125. The molecule has 2 aromatic carbocycles. The summed E-state index contributed by atoms with van der Waals surface area (Å²) in [5, 5.41) is 15.2. The summed E-state index contributed by atoms with van der Waals surface area (Å²) in [6.07, 6.45) is 0.823. The van der Waals surface area contributed by atoms with E-state index in [0.29, 0.717) is 6.42 Å². The first kappa shape index (κ1) is 17.3. The van der Waals surface area contributed by atoms with Crippen molar-refractivity contribution in [3.8, 4) is 10.6 Å². The minimum Gasteiger partial charge on any atom is -0.394 e. The van der Waals surface area contributed by atoms with Crippen LogP contribution in [0.4, 0.5) is 0 Å². The first-order valence-electron chi connectivity index (χ1n) is 8.18. The van der Waals surface area contributed by atoms with E-state index < -0.39 is 0 Å². The van der Waals surface area contributed by atoms with E-state index in [4.69, 9.17) is 0 Å². The lowest BCUT2D eigenvalue weighted by atomic mass is 10.1. The molecule has 0 saturated carbocycles. The second-order valence-corrected chi connectivity index (χ2v) is 6.68. The third kappa shape index (κ3) is 4.98. The molecule has 1 heterocycles. The van der Waals surface area contributed by atoms with E-state index >= 15 is 0 Å². The number of thiazole rings is 1. The van der Waals surface area contributed by atoms with Crippen LogP contribution in [0.2, 0.25) is 0 Å². The number of nitrogens with one attached hydrogen (secondary N) is 1. The van der Waals surface area contributed by atoms with Gasteiger partial charge in [0.25, 0.3) is 0 Å². The first-order chi connectivity index (χ1) is 12.2. The number of aliphatic hydroxyl groups is 1. The van der Waals surface area contributed by atoms with Gasteiger partial charge in [-0.1, -0.05) is 60.7 Å². The summed E-state index contributed by atoms with van der Waals surface area (Å²) in [6, 6.07) is 19.4. The highest BCUT2D eigenvalue weighted by molar-refractivity contribution is 7.13. The lowest BCUT2D eigenvalue weighted by Crippen LogP contribution is -2.39. The van der Waals surface area contributed by atoms with Crippen LogP contribution in [0.25, 0.3) is 10.6 Å². The summed E-state index contributed by atoms with van der Waals surface area (Å²) in [5.41, 5.74) is 2.89. The highest BCUT2D eigenvalue weighted by atomic mass is 32.1. The van der Waals surface area contributed by atoms with Crippen molar-refractivity contribution in [3.05, 3.63) is 77.3 Å². The van der Waals surface area contributed by atoms with Crippen LogP contribution in [0.3, 0.4) is 0 Å². The van der Waals surface area contributed by atoms with Crippen molar-refractivity contribution in [3.63, 3.8) is 0 Å². The number of benzene rings is 2. The third-order valence-corrected chi connectivity index (χ3v) is 4.76. The Balaban J connectivity index is 1.57. The zero-order valence-corrected chi connectivity index (χ0v) is 14.6. The van der Waals surface area contributed by atoms with E-state index in [1.165, 1.54) is 11.3 Å². The molecule has 0 aliphatic heterocycles. The van der Waals surface area contributed by atoms with E-state index in [-0.39, 0.29) is 25.0 Å². The molecule has 1 aromatic heterocycles. The molecule has 0 unspecified atom stereocenters. The van der Waals surface area contributed by atoms with Crippen LogP contribution < -0.4 is 5.32 Å². The van der Waals surface area contributed by atoms with Gasteiger partial charge in [0.05, 0.1) is 24.8 Å². The van der Waals surface area contributed by atoms with Gasteiger partial charge in [-0.15, -0.1) is 11.3 Å². The molecule has 3 rings (SSSR count). The van der Waals surface area contributed by atoms with E-state index in [2.05, 4.69) is 10.3 Å². The predicted octanol–water partition coefficient (Wildman–Crippen LogP) is 3.07. The Hall–Kier alpha value is -2.50. The van der Waals surface area contributed by atoms with Crippen LogP contribution in [-0.4, -0.2) is 28.6 Å². The zero-order valence-electron chi connectivity index (χ0n) is 13.8. The fourth-order valence-corrected chi connectivity index (χ4v) is 3.43. The molecule has 1 amide bonds. The lowest BCUT2D eigenvalue weighted by molar-refractivity contribution is -0.121. The molecule has 4 nitrogen and oxygen atoms in total. The molecule has 128 valence electrons. The quantitative estimate of drug-likeness (QED) is 0.687. The van der Waals surface area contributed by atoms with Crippen molar-refractivity contribution in [2.24, 2.45) is 0 Å². The van der Waals surface area contributed by atoms with Gasteiger partial charge < -0.3 is 10.4 Å². The Bertz CT molecular complexity index is 803. The number of carbonyl (C=O) groups is 1. The molecule has 5 heteroatoms. The maximum Gasteiger partial charge on any atom is 0.226 e. The summed E-state index contributed by atoms with van der Waals surface area (Å²) >= 11 is 1.53.